The molecule has 1 aromatic carbocycles. The molecule has 1 fully saturated rings. The monoisotopic (exact) mass is 454 g/mol. The van der Waals surface area contributed by atoms with Crippen molar-refractivity contribution in [3.05, 3.63) is 68.9 Å². The first-order chi connectivity index (χ1) is 15.7. The zero-order chi connectivity index (χ0) is 23.9. The van der Waals surface area contributed by atoms with Crippen molar-refractivity contribution in [1.82, 2.24) is 19.4 Å². The largest absolute Gasteiger partial charge is 0.505 e. The molecule has 0 bridgehead atoms. The summed E-state index contributed by atoms with van der Waals surface area (Å²) in [6, 6.07) is 5.66. The number of benzene rings is 1. The molecule has 0 atom stereocenters. The average Bonchev–Trinajstić information content (AvgIpc) is 2.78. The van der Waals surface area contributed by atoms with E-state index in [-0.39, 0.29) is 28.9 Å². The molecule has 0 saturated carbocycles. The molecule has 2 aromatic heterocycles. The fourth-order valence-corrected chi connectivity index (χ4v) is 4.02. The minimum Gasteiger partial charge on any atom is -0.505 e. The molecule has 0 radical (unpaired) electrons. The summed E-state index contributed by atoms with van der Waals surface area (Å²) < 4.78 is 15.1. The van der Waals surface area contributed by atoms with E-state index in [1.807, 2.05) is 7.05 Å². The van der Waals surface area contributed by atoms with Crippen molar-refractivity contribution in [2.75, 3.05) is 33.2 Å². The maximum atomic E-state index is 14.0. The fourth-order valence-electron chi connectivity index (χ4n) is 4.02. The molecule has 0 aliphatic carbocycles. The van der Waals surface area contributed by atoms with Crippen LogP contribution in [0.15, 0.2) is 35.3 Å². The van der Waals surface area contributed by atoms with E-state index in [0.29, 0.717) is 24.2 Å². The van der Waals surface area contributed by atoms with Crippen LogP contribution in [-0.4, -0.2) is 74.7 Å². The number of hydrogen-bond donors (Lipinski definition) is 2. The van der Waals surface area contributed by atoms with Gasteiger partial charge in [-0.05, 0) is 42.8 Å². The average molecular weight is 454 g/mol. The Kier molecular flexibility index (Phi) is 5.86. The van der Waals surface area contributed by atoms with Crippen LogP contribution < -0.4 is 5.56 Å². The van der Waals surface area contributed by atoms with Gasteiger partial charge in [0.15, 0.2) is 11.3 Å². The van der Waals surface area contributed by atoms with Crippen molar-refractivity contribution >= 4 is 22.9 Å². The number of hydrogen-bond acceptors (Lipinski definition) is 6. The topological polar surface area (TPSA) is 116 Å². The van der Waals surface area contributed by atoms with Gasteiger partial charge in [-0.3, -0.25) is 14.6 Å². The summed E-state index contributed by atoms with van der Waals surface area (Å²) in [6.45, 7) is 2.58. The SMILES string of the molecule is CN1CCN(C(=O)c2cc(F)ccc2Cc2cnc3c(O)c(C(=O)O)c(=O)n(C)c3c2)CC1. The number of aromatic carboxylic acids is 1. The lowest BCUT2D eigenvalue weighted by molar-refractivity contribution is 0.0660. The quantitative estimate of drug-likeness (QED) is 0.613. The highest BCUT2D eigenvalue weighted by Gasteiger charge is 2.24. The van der Waals surface area contributed by atoms with Crippen LogP contribution in [0.4, 0.5) is 4.39 Å². The second kappa shape index (κ2) is 8.62. The molecule has 1 aliphatic heterocycles. The summed E-state index contributed by atoms with van der Waals surface area (Å²) in [6.07, 6.45) is 1.67. The number of rotatable bonds is 4. The van der Waals surface area contributed by atoms with E-state index < -0.39 is 28.7 Å². The number of fused-ring (bicyclic) bond motifs is 1. The number of amides is 1. The van der Waals surface area contributed by atoms with Crippen LogP contribution in [-0.2, 0) is 13.5 Å². The maximum Gasteiger partial charge on any atom is 0.345 e. The second-order valence-electron chi connectivity index (χ2n) is 8.18. The van der Waals surface area contributed by atoms with E-state index in [9.17, 15) is 29.0 Å². The number of carboxylic acid groups (broad SMARTS) is 1. The summed E-state index contributed by atoms with van der Waals surface area (Å²) in [5, 5.41) is 19.5. The Morgan fingerprint density at radius 1 is 1.12 bits per heavy atom. The van der Waals surface area contributed by atoms with Gasteiger partial charge in [-0.15, -0.1) is 0 Å². The standard InChI is InChI=1S/C23H23FN4O5/c1-26-5-7-28(8-6-26)21(30)16-11-15(24)4-3-14(16)9-13-10-17-19(25-12-13)20(29)18(23(32)33)22(31)27(17)2/h3-4,10-12,29H,5-9H2,1-2H3,(H,32,33). The van der Waals surface area contributed by atoms with Gasteiger partial charge < -0.3 is 24.6 Å². The van der Waals surface area contributed by atoms with Crippen LogP contribution in [0.25, 0.3) is 11.0 Å². The van der Waals surface area contributed by atoms with Crippen molar-refractivity contribution in [1.29, 1.82) is 0 Å². The molecule has 0 spiro atoms. The number of carboxylic acids is 1. The molecule has 3 aromatic rings. The number of carbonyl (C=O) groups is 2. The molecule has 1 aliphatic rings. The minimum absolute atomic E-state index is 0.0221. The third kappa shape index (κ3) is 4.17. The molecule has 33 heavy (non-hydrogen) atoms. The lowest BCUT2D eigenvalue weighted by Crippen LogP contribution is -2.47. The molecular weight excluding hydrogens is 431 g/mol. The van der Waals surface area contributed by atoms with Crippen molar-refractivity contribution in [2.45, 2.75) is 6.42 Å². The van der Waals surface area contributed by atoms with Crippen molar-refractivity contribution in [2.24, 2.45) is 7.05 Å². The van der Waals surface area contributed by atoms with Crippen LogP contribution in [0.1, 0.15) is 31.8 Å². The fraction of sp³-hybridized carbons (Fsp3) is 0.304. The van der Waals surface area contributed by atoms with Crippen molar-refractivity contribution in [3.63, 3.8) is 0 Å². The first-order valence-electron chi connectivity index (χ1n) is 10.4. The zero-order valence-electron chi connectivity index (χ0n) is 18.2. The number of aromatic nitrogens is 2. The van der Waals surface area contributed by atoms with E-state index in [0.717, 1.165) is 17.7 Å². The summed E-state index contributed by atoms with van der Waals surface area (Å²) in [4.78, 5) is 44.8. The van der Waals surface area contributed by atoms with E-state index >= 15 is 0 Å². The Labute approximate surface area is 188 Å². The molecule has 4 rings (SSSR count). The number of aryl methyl sites for hydroxylation is 1. The Morgan fingerprint density at radius 3 is 2.48 bits per heavy atom. The number of piperazine rings is 1. The number of carbonyl (C=O) groups excluding carboxylic acids is 1. The number of aromatic hydroxyl groups is 1. The highest BCUT2D eigenvalue weighted by Crippen LogP contribution is 2.26. The molecular formula is C23H23FN4O5. The number of nitrogens with zero attached hydrogens (tertiary/aromatic N) is 4. The van der Waals surface area contributed by atoms with Crippen molar-refractivity contribution < 1.29 is 24.2 Å². The van der Waals surface area contributed by atoms with Gasteiger partial charge >= 0.3 is 5.97 Å². The van der Waals surface area contributed by atoms with Gasteiger partial charge in [-0.2, -0.15) is 0 Å². The molecule has 172 valence electrons. The van der Waals surface area contributed by atoms with Crippen LogP contribution >= 0.6 is 0 Å². The van der Waals surface area contributed by atoms with E-state index in [1.54, 1.807) is 17.0 Å². The Hall–Kier alpha value is -3.79. The Balaban J connectivity index is 1.72. The van der Waals surface area contributed by atoms with E-state index in [1.165, 1.54) is 25.4 Å². The molecule has 0 unspecified atom stereocenters. The molecule has 1 amide bonds. The molecule has 3 heterocycles. The second-order valence-corrected chi connectivity index (χ2v) is 8.18. The lowest BCUT2D eigenvalue weighted by atomic mass is 9.98. The summed E-state index contributed by atoms with van der Waals surface area (Å²) in [7, 11) is 3.37. The first-order valence-corrected chi connectivity index (χ1v) is 10.4. The lowest BCUT2D eigenvalue weighted by Gasteiger charge is -2.32. The third-order valence-corrected chi connectivity index (χ3v) is 5.97. The zero-order valence-corrected chi connectivity index (χ0v) is 18.2. The number of likely N-dealkylation sites (N-methyl/N-ethyl adjacent to an activating group) is 1. The smallest absolute Gasteiger partial charge is 0.345 e. The first kappa shape index (κ1) is 22.4. The van der Waals surface area contributed by atoms with Gasteiger partial charge in [-0.25, -0.2) is 9.18 Å². The predicted molar refractivity (Wildman–Crippen MR) is 118 cm³/mol. The highest BCUT2D eigenvalue weighted by molar-refractivity contribution is 5.97. The van der Waals surface area contributed by atoms with Gasteiger partial charge in [0.2, 0.25) is 0 Å². The van der Waals surface area contributed by atoms with E-state index in [4.69, 9.17) is 0 Å². The Bertz CT molecular complexity index is 1330. The molecule has 1 saturated heterocycles. The molecule has 9 nitrogen and oxygen atoms in total. The highest BCUT2D eigenvalue weighted by atomic mass is 19.1. The maximum absolute atomic E-state index is 14.0. The van der Waals surface area contributed by atoms with Gasteiger partial charge in [0.1, 0.15) is 11.3 Å². The van der Waals surface area contributed by atoms with Gasteiger partial charge in [0.25, 0.3) is 11.5 Å². The third-order valence-electron chi connectivity index (χ3n) is 5.97. The summed E-state index contributed by atoms with van der Waals surface area (Å²) in [5.41, 5.74) is 0.0811. The Morgan fingerprint density at radius 2 is 1.82 bits per heavy atom. The normalized spacial score (nSPS) is 14.6. The van der Waals surface area contributed by atoms with Crippen LogP contribution in [0.5, 0.6) is 5.75 Å². The predicted octanol–water partition coefficient (Wildman–Crippen LogP) is 1.45. The van der Waals surface area contributed by atoms with E-state index in [2.05, 4.69) is 9.88 Å². The summed E-state index contributed by atoms with van der Waals surface area (Å²) >= 11 is 0. The van der Waals surface area contributed by atoms with Crippen LogP contribution in [0.2, 0.25) is 0 Å². The summed E-state index contributed by atoms with van der Waals surface area (Å²) in [5.74, 6) is -3.00. The number of halogens is 1. The van der Waals surface area contributed by atoms with Gasteiger partial charge in [0.05, 0.1) is 5.52 Å². The molecule has 2 N–H and O–H groups in total. The molecule has 10 heteroatoms. The van der Waals surface area contributed by atoms with Crippen molar-refractivity contribution in [3.8, 4) is 5.75 Å². The number of pyridine rings is 2. The van der Waals surface area contributed by atoms with Crippen LogP contribution in [0.3, 0.4) is 0 Å². The van der Waals surface area contributed by atoms with Gasteiger partial charge in [0, 0.05) is 45.0 Å². The minimum atomic E-state index is -1.54. The van der Waals surface area contributed by atoms with Crippen LogP contribution in [0, 0.1) is 5.82 Å². The van der Waals surface area contributed by atoms with Gasteiger partial charge in [-0.1, -0.05) is 6.07 Å².